The van der Waals surface area contributed by atoms with Crippen LogP contribution in [0.1, 0.15) is 79.1 Å². The lowest BCUT2D eigenvalue weighted by Crippen LogP contribution is -2.39. The highest BCUT2D eigenvalue weighted by atomic mass is 16.5. The van der Waals surface area contributed by atoms with Gasteiger partial charge in [0.25, 0.3) is 0 Å². The molecule has 0 aromatic carbocycles. The smallest absolute Gasteiger partial charge is 0.337 e. The Kier molecular flexibility index (Phi) is 7.15. The molecule has 0 aromatic rings. The van der Waals surface area contributed by atoms with E-state index >= 15 is 0 Å². The first-order valence-electron chi connectivity index (χ1n) is 11.6. The lowest BCUT2D eigenvalue weighted by Gasteiger charge is -2.44. The summed E-state index contributed by atoms with van der Waals surface area (Å²) in [5.41, 5.74) is 1.39. The number of aliphatic hydroxyl groups excluding tert-OH is 2. The summed E-state index contributed by atoms with van der Waals surface area (Å²) in [6.45, 7) is 7.85. The highest BCUT2D eigenvalue weighted by Crippen LogP contribution is 2.59. The molecule has 3 saturated carbocycles. The van der Waals surface area contributed by atoms with E-state index in [2.05, 4.69) is 26.0 Å². The molecule has 3 fully saturated rings. The van der Waals surface area contributed by atoms with Crippen molar-refractivity contribution >= 4 is 5.97 Å². The summed E-state index contributed by atoms with van der Waals surface area (Å²) in [5.74, 6) is 0.736. The summed E-state index contributed by atoms with van der Waals surface area (Å²) >= 11 is 0. The van der Waals surface area contributed by atoms with Crippen molar-refractivity contribution in [2.24, 2.45) is 23.2 Å². The van der Waals surface area contributed by atoms with Gasteiger partial charge in [-0.3, -0.25) is 0 Å². The standard InChI is InChI=1S/C25H40O5/c1-16(15-30-23(28)24(2,3)29)21-9-10-22-18(6-5-11-25(21,22)4)8-7-17-12-19(26)14-20(27)13-17/h7-8,16,19-22,26-27,29H,5-6,9-15H2,1-4H3/t16-,19+,20+,21+,22?,25+/m0/s1. The van der Waals surface area contributed by atoms with Gasteiger partial charge in [0, 0.05) is 0 Å². The van der Waals surface area contributed by atoms with E-state index in [1.165, 1.54) is 32.3 Å². The Balaban J connectivity index is 1.68. The van der Waals surface area contributed by atoms with E-state index in [0.717, 1.165) is 24.8 Å². The molecule has 5 nitrogen and oxygen atoms in total. The molecule has 3 aliphatic carbocycles. The summed E-state index contributed by atoms with van der Waals surface area (Å²) in [6.07, 6.45) is 11.1. The number of fused-ring (bicyclic) bond motifs is 1. The molecule has 1 unspecified atom stereocenters. The Morgan fingerprint density at radius 2 is 1.90 bits per heavy atom. The summed E-state index contributed by atoms with van der Waals surface area (Å²) < 4.78 is 5.42. The van der Waals surface area contributed by atoms with Crippen molar-refractivity contribution in [3.8, 4) is 0 Å². The maximum absolute atomic E-state index is 12.0. The molecular weight excluding hydrogens is 380 g/mol. The van der Waals surface area contributed by atoms with Crippen molar-refractivity contribution < 1.29 is 24.9 Å². The zero-order chi connectivity index (χ0) is 22.1. The molecule has 0 amide bonds. The van der Waals surface area contributed by atoms with Gasteiger partial charge in [-0.15, -0.1) is 0 Å². The number of carbonyl (C=O) groups is 1. The number of hydrogen-bond donors (Lipinski definition) is 3. The highest BCUT2D eigenvalue weighted by Gasteiger charge is 2.50. The van der Waals surface area contributed by atoms with E-state index in [0.29, 0.717) is 37.7 Å². The summed E-state index contributed by atoms with van der Waals surface area (Å²) in [7, 11) is 0. The van der Waals surface area contributed by atoms with Gasteiger partial charge in [0.15, 0.2) is 5.60 Å². The third-order valence-corrected chi connectivity index (χ3v) is 7.77. The van der Waals surface area contributed by atoms with Crippen LogP contribution in [0.5, 0.6) is 0 Å². The van der Waals surface area contributed by atoms with Gasteiger partial charge < -0.3 is 20.1 Å². The largest absolute Gasteiger partial charge is 0.463 e. The molecule has 3 rings (SSSR count). The minimum Gasteiger partial charge on any atom is -0.463 e. The molecule has 3 aliphatic rings. The first-order valence-corrected chi connectivity index (χ1v) is 11.6. The van der Waals surface area contributed by atoms with Crippen molar-refractivity contribution in [1.82, 2.24) is 0 Å². The second-order valence-corrected chi connectivity index (χ2v) is 10.7. The first kappa shape index (κ1) is 23.5. The lowest BCUT2D eigenvalue weighted by atomic mass is 9.61. The number of allylic oxidation sites excluding steroid dienone is 3. The van der Waals surface area contributed by atoms with Crippen LogP contribution in [0.15, 0.2) is 23.3 Å². The molecule has 0 bridgehead atoms. The van der Waals surface area contributed by atoms with Crippen LogP contribution in [0.4, 0.5) is 0 Å². The molecule has 0 aliphatic heterocycles. The Hall–Kier alpha value is -1.17. The first-order chi connectivity index (χ1) is 14.0. The summed E-state index contributed by atoms with van der Waals surface area (Å²) in [6, 6.07) is 0. The quantitative estimate of drug-likeness (QED) is 0.587. The third kappa shape index (κ3) is 5.17. The number of esters is 1. The molecule has 0 saturated heterocycles. The molecule has 170 valence electrons. The molecule has 6 atom stereocenters. The van der Waals surface area contributed by atoms with Crippen LogP contribution in [-0.4, -0.2) is 45.7 Å². The Labute approximate surface area is 181 Å². The molecule has 0 radical (unpaired) electrons. The van der Waals surface area contributed by atoms with Crippen molar-refractivity contribution in [1.29, 1.82) is 0 Å². The van der Waals surface area contributed by atoms with Crippen LogP contribution < -0.4 is 0 Å². The average Bonchev–Trinajstić information content (AvgIpc) is 3.00. The SMILES string of the molecule is C[C@@H](COC(=O)C(C)(C)O)[C@H]1CCC2C(=CC=C3C[C@@H](O)C[C@H](O)C3)CCC[C@@]21C. The van der Waals surface area contributed by atoms with Crippen LogP contribution >= 0.6 is 0 Å². The van der Waals surface area contributed by atoms with Gasteiger partial charge in [0.1, 0.15) is 0 Å². The van der Waals surface area contributed by atoms with E-state index in [1.54, 1.807) is 0 Å². The minimum atomic E-state index is -1.45. The van der Waals surface area contributed by atoms with Gasteiger partial charge in [-0.2, -0.15) is 0 Å². The Bertz CT molecular complexity index is 676. The molecular formula is C25H40O5. The van der Waals surface area contributed by atoms with Gasteiger partial charge >= 0.3 is 5.97 Å². The van der Waals surface area contributed by atoms with Crippen LogP contribution in [0.25, 0.3) is 0 Å². The zero-order valence-corrected chi connectivity index (χ0v) is 19.1. The minimum absolute atomic E-state index is 0.203. The van der Waals surface area contributed by atoms with Gasteiger partial charge in [0.05, 0.1) is 18.8 Å². The predicted molar refractivity (Wildman–Crippen MR) is 117 cm³/mol. The molecule has 0 spiro atoms. The van der Waals surface area contributed by atoms with E-state index in [4.69, 9.17) is 4.74 Å². The van der Waals surface area contributed by atoms with Crippen molar-refractivity contribution in [2.45, 2.75) is 96.9 Å². The fourth-order valence-electron chi connectivity index (χ4n) is 6.24. The normalized spacial score (nSPS) is 37.0. The number of carbonyl (C=O) groups excluding carboxylic acids is 1. The second-order valence-electron chi connectivity index (χ2n) is 10.7. The monoisotopic (exact) mass is 420 g/mol. The lowest BCUT2D eigenvalue weighted by molar-refractivity contribution is -0.164. The van der Waals surface area contributed by atoms with E-state index in [9.17, 15) is 20.1 Å². The third-order valence-electron chi connectivity index (χ3n) is 7.77. The fraction of sp³-hybridized carbons (Fsp3) is 0.800. The maximum atomic E-state index is 12.0. The van der Waals surface area contributed by atoms with Crippen molar-refractivity contribution in [2.75, 3.05) is 6.61 Å². The zero-order valence-electron chi connectivity index (χ0n) is 19.1. The van der Waals surface area contributed by atoms with Crippen LogP contribution in [0, 0.1) is 23.2 Å². The number of ether oxygens (including phenoxy) is 1. The molecule has 30 heavy (non-hydrogen) atoms. The number of rotatable bonds is 5. The molecule has 5 heteroatoms. The summed E-state index contributed by atoms with van der Waals surface area (Å²) in [5, 5.41) is 29.7. The highest BCUT2D eigenvalue weighted by molar-refractivity contribution is 5.78. The van der Waals surface area contributed by atoms with Crippen molar-refractivity contribution in [3.63, 3.8) is 0 Å². The average molecular weight is 421 g/mol. The van der Waals surface area contributed by atoms with E-state index in [-0.39, 0.29) is 11.3 Å². The van der Waals surface area contributed by atoms with E-state index < -0.39 is 23.8 Å². The van der Waals surface area contributed by atoms with Gasteiger partial charge in [-0.25, -0.2) is 4.79 Å². The Morgan fingerprint density at radius 3 is 2.53 bits per heavy atom. The van der Waals surface area contributed by atoms with Crippen LogP contribution in [-0.2, 0) is 9.53 Å². The number of hydrogen-bond acceptors (Lipinski definition) is 5. The molecule has 0 aromatic heterocycles. The molecule has 3 N–H and O–H groups in total. The Morgan fingerprint density at radius 1 is 1.23 bits per heavy atom. The van der Waals surface area contributed by atoms with Gasteiger partial charge in [-0.05, 0) is 88.4 Å². The topological polar surface area (TPSA) is 87.0 Å². The van der Waals surface area contributed by atoms with Gasteiger partial charge in [0.2, 0.25) is 0 Å². The predicted octanol–water partition coefficient (Wildman–Crippen LogP) is 3.91. The van der Waals surface area contributed by atoms with Gasteiger partial charge in [-0.1, -0.05) is 37.1 Å². The fourth-order valence-corrected chi connectivity index (χ4v) is 6.24. The number of aliphatic hydroxyl groups is 3. The van der Waals surface area contributed by atoms with Crippen LogP contribution in [0.2, 0.25) is 0 Å². The van der Waals surface area contributed by atoms with E-state index in [1.807, 2.05) is 0 Å². The second kappa shape index (κ2) is 9.13. The summed E-state index contributed by atoms with van der Waals surface area (Å²) in [4.78, 5) is 12.0. The molecule has 0 heterocycles. The maximum Gasteiger partial charge on any atom is 0.337 e. The van der Waals surface area contributed by atoms with Crippen molar-refractivity contribution in [3.05, 3.63) is 23.3 Å². The van der Waals surface area contributed by atoms with Crippen LogP contribution in [0.3, 0.4) is 0 Å².